The van der Waals surface area contributed by atoms with Crippen LogP contribution in [0.5, 0.6) is 11.5 Å². The second-order valence-electron chi connectivity index (χ2n) is 7.60. The van der Waals surface area contributed by atoms with Crippen LogP contribution in [0.25, 0.3) is 11.0 Å². The van der Waals surface area contributed by atoms with Crippen molar-refractivity contribution in [1.82, 2.24) is 14.5 Å². The summed E-state index contributed by atoms with van der Waals surface area (Å²) in [5, 5.41) is 3.92. The van der Waals surface area contributed by atoms with Gasteiger partial charge < -0.3 is 14.8 Å². The molecule has 2 aromatic heterocycles. The number of hydrogen-bond donors (Lipinski definition) is 1. The summed E-state index contributed by atoms with van der Waals surface area (Å²) in [5.41, 5.74) is 0.114. The second kappa shape index (κ2) is 7.64. The Morgan fingerprint density at radius 2 is 1.90 bits per heavy atom. The Hall–Kier alpha value is -3.07. The zero-order chi connectivity index (χ0) is 20.7. The van der Waals surface area contributed by atoms with Crippen molar-refractivity contribution in [3.05, 3.63) is 52.5 Å². The van der Waals surface area contributed by atoms with E-state index in [0.717, 1.165) is 37.8 Å². The molecule has 0 atom stereocenters. The molecule has 0 amide bonds. The summed E-state index contributed by atoms with van der Waals surface area (Å²) in [7, 11) is 0. The molecule has 3 heterocycles. The van der Waals surface area contributed by atoms with Crippen LogP contribution in [-0.4, -0.2) is 33.8 Å². The van der Waals surface area contributed by atoms with Crippen LogP contribution >= 0.6 is 0 Å². The minimum absolute atomic E-state index is 0.0208. The fourth-order valence-corrected chi connectivity index (χ4v) is 3.61. The van der Waals surface area contributed by atoms with Crippen LogP contribution in [0.15, 0.2) is 35.3 Å². The number of aromatic nitrogens is 3. The molecule has 9 heteroatoms. The third-order valence-corrected chi connectivity index (χ3v) is 5.32. The van der Waals surface area contributed by atoms with Crippen molar-refractivity contribution < 1.29 is 18.3 Å². The van der Waals surface area contributed by atoms with E-state index in [9.17, 15) is 13.6 Å². The molecule has 156 valence electrons. The monoisotopic (exact) mass is 414 g/mol. The highest BCUT2D eigenvalue weighted by Crippen LogP contribution is 2.37. The Labute approximate surface area is 170 Å². The number of benzene rings is 1. The van der Waals surface area contributed by atoms with E-state index >= 15 is 0 Å². The molecule has 1 aliphatic heterocycles. The molecular formula is C21H20F2N4O3. The zero-order valence-corrected chi connectivity index (χ0v) is 16.1. The molecule has 1 saturated carbocycles. The van der Waals surface area contributed by atoms with Gasteiger partial charge in [0.2, 0.25) is 5.95 Å². The Kier molecular flexibility index (Phi) is 4.82. The van der Waals surface area contributed by atoms with E-state index in [1.807, 2.05) is 0 Å². The lowest BCUT2D eigenvalue weighted by molar-refractivity contribution is 0.0903. The molecule has 0 bridgehead atoms. The molecule has 1 aliphatic carbocycles. The maximum atomic E-state index is 14.0. The van der Waals surface area contributed by atoms with Crippen LogP contribution in [0.2, 0.25) is 0 Å². The molecule has 2 aliphatic rings. The van der Waals surface area contributed by atoms with Gasteiger partial charge in [-0.05, 0) is 43.9 Å². The lowest BCUT2D eigenvalue weighted by Gasteiger charge is -2.23. The van der Waals surface area contributed by atoms with Gasteiger partial charge in [-0.25, -0.2) is 13.8 Å². The van der Waals surface area contributed by atoms with Crippen molar-refractivity contribution in [3.63, 3.8) is 0 Å². The molecule has 0 spiro atoms. The smallest absolute Gasteiger partial charge is 0.295 e. The van der Waals surface area contributed by atoms with E-state index in [4.69, 9.17) is 9.47 Å². The lowest BCUT2D eigenvalue weighted by Crippen LogP contribution is -2.29. The largest absolute Gasteiger partial charge is 0.448 e. The van der Waals surface area contributed by atoms with Gasteiger partial charge in [0.05, 0.1) is 0 Å². The number of ether oxygens (including phenoxy) is 2. The summed E-state index contributed by atoms with van der Waals surface area (Å²) < 4.78 is 39.7. The minimum atomic E-state index is -0.875. The first kappa shape index (κ1) is 18.9. The van der Waals surface area contributed by atoms with Crippen LogP contribution in [0.4, 0.5) is 14.7 Å². The SMILES string of the molecule is O=c1c(Oc2ccc(F)cc2F)cc2cnc(NC3CCOCC3)nc2n1C1CC1. The van der Waals surface area contributed by atoms with E-state index in [0.29, 0.717) is 36.3 Å². The normalized spacial score (nSPS) is 17.3. The Balaban J connectivity index is 1.53. The summed E-state index contributed by atoms with van der Waals surface area (Å²) in [4.78, 5) is 22.1. The van der Waals surface area contributed by atoms with Gasteiger partial charge >= 0.3 is 0 Å². The Morgan fingerprint density at radius 3 is 2.63 bits per heavy atom. The van der Waals surface area contributed by atoms with Crippen LogP contribution in [-0.2, 0) is 4.74 Å². The highest BCUT2D eigenvalue weighted by molar-refractivity contribution is 5.77. The summed E-state index contributed by atoms with van der Waals surface area (Å²) in [6.07, 6.45) is 5.07. The fourth-order valence-electron chi connectivity index (χ4n) is 3.61. The van der Waals surface area contributed by atoms with Gasteiger partial charge in [0.25, 0.3) is 5.56 Å². The molecule has 3 aromatic rings. The summed E-state index contributed by atoms with van der Waals surface area (Å²) in [6.45, 7) is 1.39. The van der Waals surface area contributed by atoms with Gasteiger partial charge in [-0.15, -0.1) is 0 Å². The number of fused-ring (bicyclic) bond motifs is 1. The van der Waals surface area contributed by atoms with Gasteiger partial charge in [0.1, 0.15) is 11.5 Å². The van der Waals surface area contributed by atoms with E-state index in [-0.39, 0.29) is 23.6 Å². The van der Waals surface area contributed by atoms with E-state index < -0.39 is 17.2 Å². The topological polar surface area (TPSA) is 78.3 Å². The van der Waals surface area contributed by atoms with E-state index in [1.165, 1.54) is 6.07 Å². The van der Waals surface area contributed by atoms with Crippen LogP contribution in [0, 0.1) is 11.6 Å². The predicted octanol–water partition coefficient (Wildman–Crippen LogP) is 3.79. The first-order chi connectivity index (χ1) is 14.6. The third kappa shape index (κ3) is 3.72. The third-order valence-electron chi connectivity index (χ3n) is 5.32. The molecule has 1 aromatic carbocycles. The van der Waals surface area contributed by atoms with Crippen molar-refractivity contribution in [2.75, 3.05) is 18.5 Å². The first-order valence-corrected chi connectivity index (χ1v) is 9.98. The van der Waals surface area contributed by atoms with Crippen LogP contribution < -0.4 is 15.6 Å². The molecule has 7 nitrogen and oxygen atoms in total. The maximum Gasteiger partial charge on any atom is 0.295 e. The molecule has 30 heavy (non-hydrogen) atoms. The van der Waals surface area contributed by atoms with Crippen LogP contribution in [0.1, 0.15) is 31.7 Å². The van der Waals surface area contributed by atoms with Crippen molar-refractivity contribution in [2.45, 2.75) is 37.8 Å². The fraction of sp³-hybridized carbons (Fsp3) is 0.381. The first-order valence-electron chi connectivity index (χ1n) is 9.98. The molecular weight excluding hydrogens is 394 g/mol. The summed E-state index contributed by atoms with van der Waals surface area (Å²) in [5.74, 6) is -1.39. The zero-order valence-electron chi connectivity index (χ0n) is 16.1. The standard InChI is InChI=1S/C21H20F2N4O3/c22-13-1-4-17(16(23)10-13)30-18-9-12-11-24-21(25-14-5-7-29-8-6-14)26-19(12)27(20(18)28)15-2-3-15/h1,4,9-11,14-15H,2-3,5-8H2,(H,24,25,26). The molecule has 2 fully saturated rings. The lowest BCUT2D eigenvalue weighted by atomic mass is 10.1. The number of nitrogens with one attached hydrogen (secondary N) is 1. The number of anilines is 1. The van der Waals surface area contributed by atoms with Crippen molar-refractivity contribution in [1.29, 1.82) is 0 Å². The number of nitrogens with zero attached hydrogens (tertiary/aromatic N) is 3. The number of hydrogen-bond acceptors (Lipinski definition) is 6. The summed E-state index contributed by atoms with van der Waals surface area (Å²) >= 11 is 0. The van der Waals surface area contributed by atoms with Crippen molar-refractivity contribution >= 4 is 17.0 Å². The van der Waals surface area contributed by atoms with Gasteiger partial charge in [-0.1, -0.05) is 0 Å². The highest BCUT2D eigenvalue weighted by Gasteiger charge is 2.29. The van der Waals surface area contributed by atoms with Gasteiger partial charge in [0, 0.05) is 42.9 Å². The number of rotatable bonds is 5. The van der Waals surface area contributed by atoms with E-state index in [1.54, 1.807) is 10.8 Å². The Morgan fingerprint density at radius 1 is 1.10 bits per heavy atom. The van der Waals surface area contributed by atoms with Gasteiger partial charge in [-0.3, -0.25) is 9.36 Å². The molecule has 1 N–H and O–H groups in total. The average molecular weight is 414 g/mol. The highest BCUT2D eigenvalue weighted by atomic mass is 19.1. The molecule has 0 radical (unpaired) electrons. The van der Waals surface area contributed by atoms with Gasteiger partial charge in [0.15, 0.2) is 17.3 Å². The molecule has 5 rings (SSSR count). The summed E-state index contributed by atoms with van der Waals surface area (Å²) in [6, 6.07) is 4.70. The van der Waals surface area contributed by atoms with Crippen molar-refractivity contribution in [3.8, 4) is 11.5 Å². The Bertz CT molecular complexity index is 1160. The molecule has 1 saturated heterocycles. The van der Waals surface area contributed by atoms with Gasteiger partial charge in [-0.2, -0.15) is 4.98 Å². The number of pyridine rings is 1. The quantitative estimate of drug-likeness (QED) is 0.685. The molecule has 0 unspecified atom stereocenters. The second-order valence-corrected chi connectivity index (χ2v) is 7.60. The van der Waals surface area contributed by atoms with E-state index in [2.05, 4.69) is 15.3 Å². The van der Waals surface area contributed by atoms with Crippen molar-refractivity contribution in [2.24, 2.45) is 0 Å². The average Bonchev–Trinajstić information content (AvgIpc) is 3.56. The number of halogens is 2. The van der Waals surface area contributed by atoms with Crippen LogP contribution in [0.3, 0.4) is 0 Å². The minimum Gasteiger partial charge on any atom is -0.448 e. The predicted molar refractivity (Wildman–Crippen MR) is 106 cm³/mol. The maximum absolute atomic E-state index is 14.0.